The van der Waals surface area contributed by atoms with Crippen molar-refractivity contribution in [3.8, 4) is 6.07 Å². The second-order valence-electron chi connectivity index (χ2n) is 4.48. The lowest BCUT2D eigenvalue weighted by atomic mass is 10.2. The summed E-state index contributed by atoms with van der Waals surface area (Å²) in [5.74, 6) is 0.0679. The van der Waals surface area contributed by atoms with Crippen LogP contribution in [0.5, 0.6) is 0 Å². The molecule has 21 heavy (non-hydrogen) atoms. The van der Waals surface area contributed by atoms with Gasteiger partial charge in [0, 0.05) is 11.8 Å². The molecule has 0 fully saturated rings. The molecule has 1 heterocycles. The molecule has 104 valence electrons. The largest absolute Gasteiger partial charge is 0.300 e. The van der Waals surface area contributed by atoms with Gasteiger partial charge in [0.15, 0.2) is 0 Å². The molecule has 4 heteroatoms. The number of nitrogens with zero attached hydrogens (tertiary/aromatic N) is 2. The van der Waals surface area contributed by atoms with Crippen LogP contribution in [0.4, 0.5) is 0 Å². The average Bonchev–Trinajstić information content (AvgIpc) is 2.92. The van der Waals surface area contributed by atoms with Crippen LogP contribution in [0.3, 0.4) is 0 Å². The number of carbonyl (C=O) groups is 1. The number of thiazole rings is 1. The molecule has 0 saturated heterocycles. The molecule has 1 aromatic heterocycles. The van der Waals surface area contributed by atoms with Gasteiger partial charge in [-0.25, -0.2) is 4.98 Å². The summed E-state index contributed by atoms with van der Waals surface area (Å²) >= 11 is 1.38. The van der Waals surface area contributed by atoms with E-state index in [1.165, 1.54) is 18.3 Å². The fourth-order valence-electron chi connectivity index (χ4n) is 1.74. The van der Waals surface area contributed by atoms with Crippen LogP contribution in [0, 0.1) is 11.3 Å². The van der Waals surface area contributed by atoms with Gasteiger partial charge in [0.25, 0.3) is 0 Å². The maximum absolute atomic E-state index is 11.1. The zero-order chi connectivity index (χ0) is 15.1. The number of ketones is 1. The van der Waals surface area contributed by atoms with E-state index in [0.29, 0.717) is 17.0 Å². The van der Waals surface area contributed by atoms with Crippen molar-refractivity contribution < 1.29 is 4.79 Å². The van der Waals surface area contributed by atoms with Gasteiger partial charge in [-0.2, -0.15) is 5.26 Å². The van der Waals surface area contributed by atoms with Crippen molar-refractivity contribution in [2.75, 3.05) is 0 Å². The van der Waals surface area contributed by atoms with E-state index in [9.17, 15) is 10.1 Å². The van der Waals surface area contributed by atoms with Crippen LogP contribution in [0.15, 0.2) is 47.9 Å². The van der Waals surface area contributed by atoms with Crippen LogP contribution < -0.4 is 0 Å². The Morgan fingerprint density at radius 2 is 2.14 bits per heavy atom. The van der Waals surface area contributed by atoms with Crippen molar-refractivity contribution in [1.82, 2.24) is 4.98 Å². The van der Waals surface area contributed by atoms with Gasteiger partial charge in [-0.15, -0.1) is 11.3 Å². The van der Waals surface area contributed by atoms with E-state index in [4.69, 9.17) is 0 Å². The van der Waals surface area contributed by atoms with Gasteiger partial charge < -0.3 is 0 Å². The van der Waals surface area contributed by atoms with E-state index < -0.39 is 0 Å². The first-order valence-corrected chi connectivity index (χ1v) is 7.34. The fourth-order valence-corrected chi connectivity index (χ4v) is 2.54. The topological polar surface area (TPSA) is 53.8 Å². The minimum absolute atomic E-state index is 0.0679. The van der Waals surface area contributed by atoms with Crippen LogP contribution in [0.2, 0.25) is 0 Å². The Balaban J connectivity index is 2.14. The number of aromatic nitrogens is 1. The van der Waals surface area contributed by atoms with E-state index in [1.807, 2.05) is 47.9 Å². The van der Waals surface area contributed by atoms with Gasteiger partial charge in [0.2, 0.25) is 0 Å². The predicted molar refractivity (Wildman–Crippen MR) is 85.6 cm³/mol. The highest BCUT2D eigenvalue weighted by molar-refractivity contribution is 7.10. The summed E-state index contributed by atoms with van der Waals surface area (Å²) in [6, 6.07) is 12.0. The zero-order valence-corrected chi connectivity index (χ0v) is 12.4. The molecule has 0 saturated carbocycles. The third kappa shape index (κ3) is 4.51. The van der Waals surface area contributed by atoms with Gasteiger partial charge in [-0.1, -0.05) is 42.5 Å². The second-order valence-corrected chi connectivity index (χ2v) is 5.34. The van der Waals surface area contributed by atoms with E-state index in [1.54, 1.807) is 6.08 Å². The third-order valence-corrected chi connectivity index (χ3v) is 3.61. The van der Waals surface area contributed by atoms with Gasteiger partial charge in [-0.05, 0) is 18.6 Å². The van der Waals surface area contributed by atoms with Crippen molar-refractivity contribution >= 4 is 28.8 Å². The monoisotopic (exact) mass is 294 g/mol. The molecular weight excluding hydrogens is 280 g/mol. The molecule has 3 nitrogen and oxygen atoms in total. The Morgan fingerprint density at radius 1 is 1.38 bits per heavy atom. The van der Waals surface area contributed by atoms with Crippen LogP contribution in [-0.4, -0.2) is 10.8 Å². The van der Waals surface area contributed by atoms with Crippen LogP contribution >= 0.6 is 11.3 Å². The molecule has 0 aliphatic rings. The molecule has 0 bridgehead atoms. The smallest absolute Gasteiger partial charge is 0.135 e. The number of allylic oxidation sites excluding steroid dienone is 3. The summed E-state index contributed by atoms with van der Waals surface area (Å²) in [5, 5.41) is 11.7. The predicted octanol–water partition coefficient (Wildman–Crippen LogP) is 3.89. The number of rotatable bonds is 5. The number of hydrogen-bond acceptors (Lipinski definition) is 4. The Labute approximate surface area is 127 Å². The first-order valence-electron chi connectivity index (χ1n) is 6.47. The second kappa shape index (κ2) is 7.32. The number of benzene rings is 1. The van der Waals surface area contributed by atoms with Gasteiger partial charge in [-0.3, -0.25) is 4.79 Å². The van der Waals surface area contributed by atoms with Crippen molar-refractivity contribution in [3.63, 3.8) is 0 Å². The normalized spacial score (nSPS) is 11.5. The molecule has 0 amide bonds. The first kappa shape index (κ1) is 14.9. The van der Waals surface area contributed by atoms with Crippen molar-refractivity contribution in [2.45, 2.75) is 13.3 Å². The Bertz CT molecular complexity index is 721. The number of Topliss-reactive ketones (excluding diaryl/α,β-unsaturated/α-hetero) is 1. The highest BCUT2D eigenvalue weighted by atomic mass is 32.1. The maximum atomic E-state index is 11.1. The number of nitriles is 1. The lowest BCUT2D eigenvalue weighted by Crippen LogP contribution is -1.96. The highest BCUT2D eigenvalue weighted by Crippen LogP contribution is 2.19. The summed E-state index contributed by atoms with van der Waals surface area (Å²) in [5.41, 5.74) is 2.29. The molecule has 0 radical (unpaired) electrons. The minimum Gasteiger partial charge on any atom is -0.300 e. The molecule has 2 aromatic rings. The number of carbonyl (C=O) groups excluding carboxylic acids is 1. The molecule has 0 atom stereocenters. The summed E-state index contributed by atoms with van der Waals surface area (Å²) in [7, 11) is 0. The van der Waals surface area contributed by atoms with Gasteiger partial charge in [0.05, 0.1) is 11.3 Å². The third-order valence-electron chi connectivity index (χ3n) is 2.68. The maximum Gasteiger partial charge on any atom is 0.135 e. The SMILES string of the molecule is CC(=O)Cc1csc(C(C#N)=CC=Cc2ccccc2)n1. The Kier molecular flexibility index (Phi) is 5.19. The lowest BCUT2D eigenvalue weighted by molar-refractivity contribution is -0.116. The molecule has 0 N–H and O–H groups in total. The van der Waals surface area contributed by atoms with Gasteiger partial charge in [0.1, 0.15) is 16.9 Å². The molecule has 1 aromatic carbocycles. The van der Waals surface area contributed by atoms with E-state index in [0.717, 1.165) is 11.3 Å². The molecule has 0 unspecified atom stereocenters. The van der Waals surface area contributed by atoms with E-state index in [2.05, 4.69) is 11.1 Å². The number of hydrogen-bond donors (Lipinski definition) is 0. The minimum atomic E-state index is 0.0679. The first-order chi connectivity index (χ1) is 10.2. The van der Waals surface area contributed by atoms with Crippen LogP contribution in [0.25, 0.3) is 11.6 Å². The highest BCUT2D eigenvalue weighted by Gasteiger charge is 2.07. The molecule has 0 aliphatic carbocycles. The zero-order valence-electron chi connectivity index (χ0n) is 11.6. The summed E-state index contributed by atoms with van der Waals surface area (Å²) in [6.45, 7) is 1.53. The summed E-state index contributed by atoms with van der Waals surface area (Å²) in [6.07, 6.45) is 5.82. The van der Waals surface area contributed by atoms with Crippen molar-refractivity contribution in [1.29, 1.82) is 5.26 Å². The molecule has 0 spiro atoms. The van der Waals surface area contributed by atoms with Crippen molar-refractivity contribution in [3.05, 3.63) is 64.1 Å². The average molecular weight is 294 g/mol. The quantitative estimate of drug-likeness (QED) is 0.621. The standard InChI is InChI=1S/C17H14N2OS/c1-13(20)10-16-12-21-17(19-16)15(11-18)9-5-8-14-6-3-2-4-7-14/h2-9,12H,10H2,1H3. The summed E-state index contributed by atoms with van der Waals surface area (Å²) < 4.78 is 0. The summed E-state index contributed by atoms with van der Waals surface area (Å²) in [4.78, 5) is 15.4. The lowest BCUT2D eigenvalue weighted by Gasteiger charge is -1.92. The van der Waals surface area contributed by atoms with E-state index >= 15 is 0 Å². The Morgan fingerprint density at radius 3 is 2.81 bits per heavy atom. The van der Waals surface area contributed by atoms with E-state index in [-0.39, 0.29) is 5.78 Å². The van der Waals surface area contributed by atoms with Gasteiger partial charge >= 0.3 is 0 Å². The fraction of sp³-hybridized carbons (Fsp3) is 0.118. The molecular formula is C17H14N2OS. The molecule has 2 rings (SSSR count). The molecule has 0 aliphatic heterocycles. The Hall–Kier alpha value is -2.51. The van der Waals surface area contributed by atoms with Crippen LogP contribution in [-0.2, 0) is 11.2 Å². The van der Waals surface area contributed by atoms with Crippen molar-refractivity contribution in [2.24, 2.45) is 0 Å². The van der Waals surface area contributed by atoms with Crippen LogP contribution in [0.1, 0.15) is 23.2 Å².